The highest BCUT2D eigenvalue weighted by Gasteiger charge is 2.44. The van der Waals surface area contributed by atoms with E-state index in [4.69, 9.17) is 4.74 Å². The van der Waals surface area contributed by atoms with Gasteiger partial charge in [-0.05, 0) is 39.0 Å². The van der Waals surface area contributed by atoms with Gasteiger partial charge >= 0.3 is 18.0 Å². The van der Waals surface area contributed by atoms with Crippen LogP contribution in [0, 0.1) is 17.8 Å². The fraction of sp³-hybridized carbons (Fsp3) is 0.800. The molecule has 2 saturated heterocycles. The van der Waals surface area contributed by atoms with Crippen LogP contribution in [0.25, 0.3) is 0 Å². The van der Waals surface area contributed by atoms with Crippen molar-refractivity contribution in [2.24, 2.45) is 17.8 Å². The number of ether oxygens (including phenoxy) is 2. The van der Waals surface area contributed by atoms with Crippen LogP contribution in [0.3, 0.4) is 0 Å². The molecule has 2 heterocycles. The number of cyclic esters (lactones) is 2. The van der Waals surface area contributed by atoms with Gasteiger partial charge in [-0.2, -0.15) is 0 Å². The van der Waals surface area contributed by atoms with Crippen LogP contribution in [0.15, 0.2) is 0 Å². The van der Waals surface area contributed by atoms with E-state index in [9.17, 15) is 14.4 Å². The van der Waals surface area contributed by atoms with Crippen LogP contribution >= 0.6 is 0 Å². The van der Waals surface area contributed by atoms with Gasteiger partial charge in [0.2, 0.25) is 0 Å². The lowest BCUT2D eigenvalue weighted by Gasteiger charge is -2.38. The van der Waals surface area contributed by atoms with Gasteiger partial charge in [0.1, 0.15) is 5.60 Å². The third kappa shape index (κ3) is 3.74. The molecule has 2 fully saturated rings. The second kappa shape index (κ2) is 5.66. The monoisotopic (exact) mass is 297 g/mol. The van der Waals surface area contributed by atoms with Crippen LogP contribution in [0.5, 0.6) is 0 Å². The number of piperidine rings is 1. The molecule has 0 spiro atoms. The highest BCUT2D eigenvalue weighted by atomic mass is 16.6. The molecule has 3 unspecified atom stereocenters. The van der Waals surface area contributed by atoms with Gasteiger partial charge in [-0.15, -0.1) is 0 Å². The first-order valence-electron chi connectivity index (χ1n) is 7.40. The summed E-state index contributed by atoms with van der Waals surface area (Å²) >= 11 is 0. The van der Waals surface area contributed by atoms with Crippen LogP contribution < -0.4 is 0 Å². The summed E-state index contributed by atoms with van der Waals surface area (Å²) in [6.45, 7) is 8.58. The Labute approximate surface area is 124 Å². The van der Waals surface area contributed by atoms with E-state index in [2.05, 4.69) is 4.74 Å². The number of hydrogen-bond acceptors (Lipinski definition) is 5. The zero-order valence-electron chi connectivity index (χ0n) is 13.0. The molecule has 1 amide bonds. The SMILES string of the molecule is CC1CN(C(=O)OC(C)(C)C)CCC1C1CC(=O)OC1=O. The van der Waals surface area contributed by atoms with Crippen molar-refractivity contribution in [2.75, 3.05) is 13.1 Å². The molecule has 0 aromatic rings. The molecule has 0 aliphatic carbocycles. The third-order valence-corrected chi connectivity index (χ3v) is 4.04. The maximum absolute atomic E-state index is 12.1. The van der Waals surface area contributed by atoms with Crippen molar-refractivity contribution in [2.45, 2.75) is 46.1 Å². The van der Waals surface area contributed by atoms with Gasteiger partial charge in [-0.3, -0.25) is 9.59 Å². The molecule has 0 N–H and O–H groups in total. The van der Waals surface area contributed by atoms with E-state index in [0.717, 1.165) is 0 Å². The van der Waals surface area contributed by atoms with Gasteiger partial charge in [0.05, 0.1) is 12.3 Å². The predicted octanol–water partition coefficient (Wildman–Crippen LogP) is 1.97. The summed E-state index contributed by atoms with van der Waals surface area (Å²) in [4.78, 5) is 36.6. The third-order valence-electron chi connectivity index (χ3n) is 4.04. The number of carbonyl (C=O) groups is 3. The summed E-state index contributed by atoms with van der Waals surface area (Å²) < 4.78 is 10.00. The zero-order chi connectivity index (χ0) is 15.8. The smallest absolute Gasteiger partial charge is 0.410 e. The predicted molar refractivity (Wildman–Crippen MR) is 74.3 cm³/mol. The molecule has 2 aliphatic heterocycles. The molecule has 0 aromatic carbocycles. The quantitative estimate of drug-likeness (QED) is 0.546. The molecular weight excluding hydrogens is 274 g/mol. The number of amides is 1. The summed E-state index contributed by atoms with van der Waals surface area (Å²) in [6.07, 6.45) is 0.533. The summed E-state index contributed by atoms with van der Waals surface area (Å²) in [6, 6.07) is 0. The number of hydrogen-bond donors (Lipinski definition) is 0. The van der Waals surface area contributed by atoms with E-state index < -0.39 is 17.5 Å². The van der Waals surface area contributed by atoms with Crippen LogP contribution in [-0.2, 0) is 19.1 Å². The second-order valence-corrected chi connectivity index (χ2v) is 6.96. The minimum Gasteiger partial charge on any atom is -0.444 e. The summed E-state index contributed by atoms with van der Waals surface area (Å²) in [7, 11) is 0. The van der Waals surface area contributed by atoms with Gasteiger partial charge in [0.25, 0.3) is 0 Å². The molecule has 0 radical (unpaired) electrons. The number of nitrogens with zero attached hydrogens (tertiary/aromatic N) is 1. The highest BCUT2D eigenvalue weighted by molar-refractivity contribution is 5.94. The van der Waals surface area contributed by atoms with Crippen molar-refractivity contribution < 1.29 is 23.9 Å². The first-order valence-corrected chi connectivity index (χ1v) is 7.40. The lowest BCUT2D eigenvalue weighted by Crippen LogP contribution is -2.47. The Kier molecular flexibility index (Phi) is 4.25. The number of rotatable bonds is 1. The number of carbonyl (C=O) groups excluding carboxylic acids is 3. The minimum absolute atomic E-state index is 0.0858. The summed E-state index contributed by atoms with van der Waals surface area (Å²) in [5.74, 6) is -0.986. The van der Waals surface area contributed by atoms with Crippen LogP contribution in [0.2, 0.25) is 0 Å². The van der Waals surface area contributed by atoms with Crippen molar-refractivity contribution in [3.8, 4) is 0 Å². The average molecular weight is 297 g/mol. The Bertz CT molecular complexity index is 453. The molecule has 2 rings (SSSR count). The molecule has 0 saturated carbocycles. The normalized spacial score (nSPS) is 30.3. The van der Waals surface area contributed by atoms with Crippen LogP contribution in [-0.4, -0.2) is 41.6 Å². The number of esters is 2. The molecule has 0 bridgehead atoms. The topological polar surface area (TPSA) is 72.9 Å². The highest BCUT2D eigenvalue weighted by Crippen LogP contribution is 2.35. The Morgan fingerprint density at radius 1 is 1.33 bits per heavy atom. The first-order chi connectivity index (χ1) is 9.67. The Morgan fingerprint density at radius 3 is 2.48 bits per heavy atom. The van der Waals surface area contributed by atoms with Gasteiger partial charge < -0.3 is 14.4 Å². The Hall–Kier alpha value is -1.59. The zero-order valence-corrected chi connectivity index (χ0v) is 13.0. The van der Waals surface area contributed by atoms with E-state index in [1.807, 2.05) is 27.7 Å². The van der Waals surface area contributed by atoms with Gasteiger partial charge in [-0.25, -0.2) is 4.79 Å². The maximum atomic E-state index is 12.1. The first kappa shape index (κ1) is 15.8. The van der Waals surface area contributed by atoms with Gasteiger partial charge in [0.15, 0.2) is 0 Å². The Morgan fingerprint density at radius 2 is 2.00 bits per heavy atom. The second-order valence-electron chi connectivity index (χ2n) is 6.96. The lowest BCUT2D eigenvalue weighted by molar-refractivity contribution is -0.154. The van der Waals surface area contributed by atoms with Crippen molar-refractivity contribution in [1.29, 1.82) is 0 Å². The van der Waals surface area contributed by atoms with Crippen molar-refractivity contribution >= 4 is 18.0 Å². The lowest BCUT2D eigenvalue weighted by atomic mass is 9.77. The molecule has 118 valence electrons. The summed E-state index contributed by atoms with van der Waals surface area (Å²) in [5.41, 5.74) is -0.515. The molecule has 0 aromatic heterocycles. The van der Waals surface area contributed by atoms with Crippen LogP contribution in [0.4, 0.5) is 4.79 Å². The van der Waals surface area contributed by atoms with Crippen molar-refractivity contribution in [3.63, 3.8) is 0 Å². The maximum Gasteiger partial charge on any atom is 0.410 e. The van der Waals surface area contributed by atoms with E-state index in [-0.39, 0.29) is 30.3 Å². The largest absolute Gasteiger partial charge is 0.444 e. The molecule has 6 nitrogen and oxygen atoms in total. The summed E-state index contributed by atoms with van der Waals surface area (Å²) in [5, 5.41) is 0. The van der Waals surface area contributed by atoms with Gasteiger partial charge in [0, 0.05) is 13.1 Å². The number of likely N-dealkylation sites (tertiary alicyclic amines) is 1. The van der Waals surface area contributed by atoms with Crippen molar-refractivity contribution in [1.82, 2.24) is 4.90 Å². The standard InChI is InChI=1S/C15H23NO5/c1-9-8-16(14(19)21-15(2,3)4)6-5-10(9)11-7-12(17)20-13(11)18/h9-11H,5-8H2,1-4H3. The van der Waals surface area contributed by atoms with Crippen molar-refractivity contribution in [3.05, 3.63) is 0 Å². The van der Waals surface area contributed by atoms with E-state index in [1.165, 1.54) is 0 Å². The molecule has 2 aliphatic rings. The van der Waals surface area contributed by atoms with Crippen LogP contribution in [0.1, 0.15) is 40.5 Å². The fourth-order valence-electron chi connectivity index (χ4n) is 3.07. The fourth-order valence-corrected chi connectivity index (χ4v) is 3.07. The van der Waals surface area contributed by atoms with E-state index in [0.29, 0.717) is 19.5 Å². The molecule has 6 heteroatoms. The van der Waals surface area contributed by atoms with E-state index >= 15 is 0 Å². The minimum atomic E-state index is -0.515. The molecular formula is C15H23NO5. The van der Waals surface area contributed by atoms with Gasteiger partial charge in [-0.1, -0.05) is 6.92 Å². The molecule has 21 heavy (non-hydrogen) atoms. The Balaban J connectivity index is 1.95. The molecule has 3 atom stereocenters. The average Bonchev–Trinajstić information content (AvgIpc) is 2.66. The van der Waals surface area contributed by atoms with E-state index in [1.54, 1.807) is 4.90 Å².